The van der Waals surface area contributed by atoms with E-state index in [0.717, 1.165) is 73.1 Å². The molecule has 0 aromatic heterocycles. The van der Waals surface area contributed by atoms with E-state index in [4.69, 9.17) is 4.74 Å². The van der Waals surface area contributed by atoms with Gasteiger partial charge in [-0.05, 0) is 104 Å². The number of para-hydroxylation sites is 3. The Morgan fingerprint density at radius 3 is 1.49 bits per heavy atom. The Kier molecular flexibility index (Phi) is 9.40. The fourth-order valence-corrected chi connectivity index (χ4v) is 11.0. The topological polar surface area (TPSA) is 15.7 Å². The van der Waals surface area contributed by atoms with E-state index in [9.17, 15) is 0 Å². The average molecular weight is 869 g/mol. The molecular weight excluding hydrogens is 825 g/mol. The van der Waals surface area contributed by atoms with Gasteiger partial charge >= 0.3 is 0 Å². The monoisotopic (exact) mass is 868 g/mol. The minimum absolute atomic E-state index is 0.551. The number of ether oxygens (including phenoxy) is 1. The number of fused-ring (bicyclic) bond motifs is 5. The maximum absolute atomic E-state index is 7.37. The zero-order chi connectivity index (χ0) is 45.0. The third-order valence-electron chi connectivity index (χ3n) is 13.9. The first kappa shape index (κ1) is 39.4. The lowest BCUT2D eigenvalue weighted by Gasteiger charge is -2.34. The maximum Gasteiger partial charge on any atom is 0.159 e. The van der Waals surface area contributed by atoms with Gasteiger partial charge in [0.05, 0.1) is 22.5 Å². The van der Waals surface area contributed by atoms with E-state index in [2.05, 4.69) is 277 Å². The predicted octanol–water partition coefficient (Wildman–Crippen LogP) is 17.6. The van der Waals surface area contributed by atoms with Crippen molar-refractivity contribution in [2.45, 2.75) is 5.41 Å². The van der Waals surface area contributed by atoms with Gasteiger partial charge < -0.3 is 14.5 Å². The van der Waals surface area contributed by atoms with Crippen LogP contribution in [0.4, 0.5) is 34.1 Å². The molecule has 2 aliphatic rings. The van der Waals surface area contributed by atoms with E-state index < -0.39 is 5.41 Å². The normalized spacial score (nSPS) is 12.6. The summed E-state index contributed by atoms with van der Waals surface area (Å²) in [6.45, 7) is 0. The summed E-state index contributed by atoms with van der Waals surface area (Å²) < 4.78 is 7.37. The Balaban J connectivity index is 1.05. The summed E-state index contributed by atoms with van der Waals surface area (Å²) in [5.74, 6) is 1.64. The van der Waals surface area contributed by atoms with Crippen LogP contribution in [0.3, 0.4) is 0 Å². The molecule has 1 aliphatic heterocycles. The molecule has 320 valence electrons. The number of nitrogens with zero attached hydrogens (tertiary/aromatic N) is 2. The van der Waals surface area contributed by atoms with E-state index in [0.29, 0.717) is 0 Å². The molecule has 11 aromatic rings. The Labute approximate surface area is 397 Å². The molecule has 1 aliphatic carbocycles. The molecule has 3 nitrogen and oxygen atoms in total. The Morgan fingerprint density at radius 1 is 0.324 bits per heavy atom. The highest BCUT2D eigenvalue weighted by Crippen LogP contribution is 2.60. The van der Waals surface area contributed by atoms with Gasteiger partial charge in [-0.1, -0.05) is 206 Å². The molecule has 0 spiro atoms. The summed E-state index contributed by atoms with van der Waals surface area (Å²) in [5.41, 5.74) is 17.7. The molecule has 13 rings (SSSR count). The molecule has 0 fully saturated rings. The standard InChI is InChI=1S/C65H44N2O/c1-6-21-45(22-7-1)46-39-41-52(42-40-46)67(59-37-20-36-58-63(59)56-32-16-17-35-57(56)65(58,48-24-8-2-9-25-48)49-26-10-3-11-27-49)53-43-47-23-18-33-54-55-34-19-38-60(64(55)68-61(44-53)62(47)54)66(50-28-12-4-13-29-50)51-30-14-5-15-31-51/h1-44H. The predicted molar refractivity (Wildman–Crippen MR) is 282 cm³/mol. The summed E-state index contributed by atoms with van der Waals surface area (Å²) in [7, 11) is 0. The minimum atomic E-state index is -0.551. The van der Waals surface area contributed by atoms with Crippen molar-refractivity contribution in [1.82, 2.24) is 0 Å². The van der Waals surface area contributed by atoms with Crippen LogP contribution in [0.1, 0.15) is 22.3 Å². The van der Waals surface area contributed by atoms with Crippen LogP contribution in [0.15, 0.2) is 267 Å². The second kappa shape index (κ2) is 16.2. The molecule has 3 heteroatoms. The number of benzene rings is 11. The zero-order valence-corrected chi connectivity index (χ0v) is 37.2. The molecule has 11 aromatic carbocycles. The molecule has 0 amide bonds. The molecule has 0 bridgehead atoms. The van der Waals surface area contributed by atoms with Crippen molar-refractivity contribution in [2.75, 3.05) is 9.80 Å². The van der Waals surface area contributed by atoms with Gasteiger partial charge in [-0.3, -0.25) is 0 Å². The van der Waals surface area contributed by atoms with Crippen molar-refractivity contribution in [3.05, 3.63) is 289 Å². The van der Waals surface area contributed by atoms with Gasteiger partial charge in [0.15, 0.2) is 5.75 Å². The Bertz CT molecular complexity index is 3550. The Morgan fingerprint density at radius 2 is 0.809 bits per heavy atom. The van der Waals surface area contributed by atoms with Gasteiger partial charge in [-0.15, -0.1) is 0 Å². The lowest BCUT2D eigenvalue weighted by Crippen LogP contribution is -2.28. The number of hydrogen-bond donors (Lipinski definition) is 0. The van der Waals surface area contributed by atoms with Crippen LogP contribution in [-0.4, -0.2) is 0 Å². The molecule has 0 unspecified atom stereocenters. The highest BCUT2D eigenvalue weighted by Gasteiger charge is 2.47. The SMILES string of the molecule is c1ccc(-c2ccc(N(c3cc4c5c(cccc5c3)-c3cccc(N(c5ccccc5)c5ccccc5)c3O4)c3cccc4c3-c3ccccc3C4(c3ccccc3)c3ccccc3)cc2)cc1. The lowest BCUT2D eigenvalue weighted by molar-refractivity contribution is 0.488. The summed E-state index contributed by atoms with van der Waals surface area (Å²) in [4.78, 5) is 4.74. The van der Waals surface area contributed by atoms with Crippen LogP contribution in [-0.2, 0) is 5.41 Å². The van der Waals surface area contributed by atoms with Gasteiger partial charge in [-0.2, -0.15) is 0 Å². The van der Waals surface area contributed by atoms with Crippen molar-refractivity contribution in [3.63, 3.8) is 0 Å². The molecular formula is C65H44N2O. The fourth-order valence-electron chi connectivity index (χ4n) is 11.0. The molecule has 0 atom stereocenters. The zero-order valence-electron chi connectivity index (χ0n) is 37.2. The first-order chi connectivity index (χ1) is 33.8. The Hall–Kier alpha value is -8.92. The van der Waals surface area contributed by atoms with Crippen LogP contribution in [0.5, 0.6) is 11.5 Å². The maximum atomic E-state index is 7.37. The summed E-state index contributed by atoms with van der Waals surface area (Å²) in [5, 5.41) is 2.21. The summed E-state index contributed by atoms with van der Waals surface area (Å²) in [6, 6.07) is 96.5. The van der Waals surface area contributed by atoms with Gasteiger partial charge in [0, 0.05) is 39.6 Å². The largest absolute Gasteiger partial charge is 0.454 e. The third-order valence-corrected chi connectivity index (χ3v) is 13.9. The lowest BCUT2D eigenvalue weighted by atomic mass is 9.68. The molecule has 0 saturated carbocycles. The molecule has 68 heavy (non-hydrogen) atoms. The second-order valence-corrected chi connectivity index (χ2v) is 17.6. The van der Waals surface area contributed by atoms with E-state index in [-0.39, 0.29) is 0 Å². The van der Waals surface area contributed by atoms with Crippen LogP contribution in [0.2, 0.25) is 0 Å². The third kappa shape index (κ3) is 6.21. The minimum Gasteiger partial charge on any atom is -0.454 e. The first-order valence-electron chi connectivity index (χ1n) is 23.3. The van der Waals surface area contributed by atoms with Gasteiger partial charge in [0.1, 0.15) is 5.75 Å². The van der Waals surface area contributed by atoms with Crippen molar-refractivity contribution in [2.24, 2.45) is 0 Å². The van der Waals surface area contributed by atoms with Crippen molar-refractivity contribution in [3.8, 4) is 44.9 Å². The summed E-state index contributed by atoms with van der Waals surface area (Å²) >= 11 is 0. The highest BCUT2D eigenvalue weighted by molar-refractivity contribution is 6.08. The molecule has 0 N–H and O–H groups in total. The second-order valence-electron chi connectivity index (χ2n) is 17.6. The van der Waals surface area contributed by atoms with Crippen LogP contribution in [0, 0.1) is 0 Å². The van der Waals surface area contributed by atoms with E-state index in [1.54, 1.807) is 0 Å². The van der Waals surface area contributed by atoms with Gasteiger partial charge in [-0.25, -0.2) is 0 Å². The van der Waals surface area contributed by atoms with Crippen LogP contribution in [0.25, 0.3) is 44.2 Å². The van der Waals surface area contributed by atoms with E-state index >= 15 is 0 Å². The van der Waals surface area contributed by atoms with Gasteiger partial charge in [0.25, 0.3) is 0 Å². The van der Waals surface area contributed by atoms with E-state index in [1.165, 1.54) is 38.9 Å². The molecule has 1 heterocycles. The smallest absolute Gasteiger partial charge is 0.159 e. The van der Waals surface area contributed by atoms with Crippen molar-refractivity contribution in [1.29, 1.82) is 0 Å². The number of anilines is 6. The molecule has 0 saturated heterocycles. The highest BCUT2D eigenvalue weighted by atomic mass is 16.5. The first-order valence-corrected chi connectivity index (χ1v) is 23.3. The average Bonchev–Trinajstić information content (AvgIpc) is 3.72. The van der Waals surface area contributed by atoms with Crippen LogP contribution >= 0.6 is 0 Å². The number of rotatable bonds is 9. The van der Waals surface area contributed by atoms with Crippen molar-refractivity contribution >= 4 is 44.9 Å². The van der Waals surface area contributed by atoms with Gasteiger partial charge in [0.2, 0.25) is 0 Å². The molecule has 0 radical (unpaired) electrons. The fraction of sp³-hybridized carbons (Fsp3) is 0.0154. The van der Waals surface area contributed by atoms with Crippen LogP contribution < -0.4 is 14.5 Å². The number of hydrogen-bond acceptors (Lipinski definition) is 3. The quantitative estimate of drug-likeness (QED) is 0.144. The van der Waals surface area contributed by atoms with Crippen molar-refractivity contribution < 1.29 is 4.74 Å². The summed E-state index contributed by atoms with van der Waals surface area (Å²) in [6.07, 6.45) is 0. The van der Waals surface area contributed by atoms with E-state index in [1.807, 2.05) is 0 Å².